The number of nitrogens with two attached hydrogens (primary N) is 1. The van der Waals surface area contributed by atoms with Gasteiger partial charge in [0.15, 0.2) is 0 Å². The molecule has 1 aliphatic rings. The van der Waals surface area contributed by atoms with E-state index < -0.39 is 10.2 Å². The highest BCUT2D eigenvalue weighted by molar-refractivity contribution is 7.86. The van der Waals surface area contributed by atoms with Crippen LogP contribution in [0.4, 0.5) is 0 Å². The first-order chi connectivity index (χ1) is 8.89. The molecule has 1 rings (SSSR count). The second-order valence-electron chi connectivity index (χ2n) is 5.23. The van der Waals surface area contributed by atoms with E-state index in [4.69, 9.17) is 10.5 Å². The van der Waals surface area contributed by atoms with Crippen molar-refractivity contribution < 1.29 is 13.2 Å². The maximum Gasteiger partial charge on any atom is 0.281 e. The second kappa shape index (κ2) is 7.54. The quantitative estimate of drug-likeness (QED) is 0.689. The summed E-state index contributed by atoms with van der Waals surface area (Å²) in [7, 11) is -1.69. The lowest BCUT2D eigenvalue weighted by Gasteiger charge is -2.34. The van der Waals surface area contributed by atoms with Gasteiger partial charge in [0.25, 0.3) is 10.2 Å². The van der Waals surface area contributed by atoms with Crippen molar-refractivity contribution in [2.24, 2.45) is 5.73 Å². The Hall–Kier alpha value is -0.210. The molecule has 1 heterocycles. The lowest BCUT2D eigenvalue weighted by molar-refractivity contribution is 0.0200. The molecule has 0 radical (unpaired) electrons. The Kier molecular flexibility index (Phi) is 6.68. The zero-order valence-electron chi connectivity index (χ0n) is 12.2. The number of rotatable bonds is 7. The van der Waals surface area contributed by atoms with Crippen molar-refractivity contribution in [2.75, 3.05) is 33.3 Å². The molecule has 0 saturated carbocycles. The molecule has 0 amide bonds. The predicted molar refractivity (Wildman–Crippen MR) is 76.0 cm³/mol. The summed E-state index contributed by atoms with van der Waals surface area (Å²) in [6.45, 7) is 6.12. The van der Waals surface area contributed by atoms with Crippen LogP contribution in [-0.4, -0.2) is 62.5 Å². The van der Waals surface area contributed by atoms with Crippen molar-refractivity contribution in [1.29, 1.82) is 0 Å². The molecule has 114 valence electrons. The summed E-state index contributed by atoms with van der Waals surface area (Å²) >= 11 is 0. The first-order valence-corrected chi connectivity index (χ1v) is 8.34. The summed E-state index contributed by atoms with van der Waals surface area (Å²) in [5.74, 6) is 0. The van der Waals surface area contributed by atoms with E-state index in [0.717, 1.165) is 19.3 Å². The fourth-order valence-electron chi connectivity index (χ4n) is 2.01. The molecule has 6 nitrogen and oxygen atoms in total. The van der Waals surface area contributed by atoms with E-state index in [1.54, 1.807) is 11.4 Å². The molecule has 1 aliphatic heterocycles. The molecular weight excluding hydrogens is 266 g/mol. The molecule has 19 heavy (non-hydrogen) atoms. The van der Waals surface area contributed by atoms with E-state index in [9.17, 15) is 8.42 Å². The Balaban J connectivity index is 2.45. The number of hydrogen-bond donors (Lipinski definition) is 1. The van der Waals surface area contributed by atoms with Gasteiger partial charge >= 0.3 is 0 Å². The minimum absolute atomic E-state index is 0.0245. The van der Waals surface area contributed by atoms with Gasteiger partial charge in [-0.15, -0.1) is 0 Å². The highest BCUT2D eigenvalue weighted by Crippen LogP contribution is 2.19. The van der Waals surface area contributed by atoms with Crippen LogP contribution in [-0.2, 0) is 14.9 Å². The first-order valence-electron chi connectivity index (χ1n) is 6.94. The summed E-state index contributed by atoms with van der Waals surface area (Å²) in [5, 5.41) is 0. The number of nitrogens with zero attached hydrogens (tertiary/aromatic N) is 2. The highest BCUT2D eigenvalue weighted by atomic mass is 32.2. The minimum atomic E-state index is -3.32. The van der Waals surface area contributed by atoms with Gasteiger partial charge in [-0.2, -0.15) is 17.0 Å². The van der Waals surface area contributed by atoms with Crippen LogP contribution >= 0.6 is 0 Å². The van der Waals surface area contributed by atoms with E-state index >= 15 is 0 Å². The summed E-state index contributed by atoms with van der Waals surface area (Å²) in [6.07, 6.45) is 2.54. The maximum absolute atomic E-state index is 12.3. The van der Waals surface area contributed by atoms with Crippen LogP contribution in [0.3, 0.4) is 0 Å². The largest absolute Gasteiger partial charge is 0.378 e. The van der Waals surface area contributed by atoms with Crippen LogP contribution in [0.15, 0.2) is 0 Å². The first kappa shape index (κ1) is 16.8. The van der Waals surface area contributed by atoms with Gasteiger partial charge < -0.3 is 10.5 Å². The molecule has 7 heteroatoms. The normalized spacial score (nSPS) is 19.5. The van der Waals surface area contributed by atoms with Crippen molar-refractivity contribution in [1.82, 2.24) is 8.61 Å². The molecule has 1 fully saturated rings. The monoisotopic (exact) mass is 293 g/mol. The molecular formula is C12H27N3O3S. The summed E-state index contributed by atoms with van der Waals surface area (Å²) in [4.78, 5) is 0. The molecule has 0 atom stereocenters. The number of piperidine rings is 1. The molecule has 0 spiro atoms. The Bertz CT molecular complexity index is 351. The van der Waals surface area contributed by atoms with Gasteiger partial charge in [0.05, 0.1) is 6.10 Å². The van der Waals surface area contributed by atoms with Crippen molar-refractivity contribution in [3.05, 3.63) is 0 Å². The van der Waals surface area contributed by atoms with E-state index in [-0.39, 0.29) is 12.1 Å². The van der Waals surface area contributed by atoms with E-state index in [2.05, 4.69) is 0 Å². The van der Waals surface area contributed by atoms with Gasteiger partial charge in [0, 0.05) is 32.8 Å². The number of hydrogen-bond acceptors (Lipinski definition) is 4. The minimum Gasteiger partial charge on any atom is -0.378 e. The van der Waals surface area contributed by atoms with Crippen molar-refractivity contribution in [3.8, 4) is 0 Å². The van der Waals surface area contributed by atoms with Gasteiger partial charge in [0.2, 0.25) is 0 Å². The standard InChI is InChI=1S/C12H27N3O3S/c1-11(2)14(3)19(16,17)15-8-5-12(6-9-15)18-10-4-7-13/h11-12H,4-10,13H2,1-3H3. The van der Waals surface area contributed by atoms with Crippen LogP contribution in [0.1, 0.15) is 33.1 Å². The predicted octanol–water partition coefficient (Wildman–Crippen LogP) is 0.401. The molecule has 0 aromatic heterocycles. The van der Waals surface area contributed by atoms with Crippen LogP contribution in [0, 0.1) is 0 Å². The van der Waals surface area contributed by atoms with Crippen LogP contribution in [0.2, 0.25) is 0 Å². The third-order valence-electron chi connectivity index (χ3n) is 3.52. The Labute approximate surface area is 117 Å². The summed E-state index contributed by atoms with van der Waals surface area (Å²) < 4.78 is 33.2. The van der Waals surface area contributed by atoms with Gasteiger partial charge in [-0.05, 0) is 39.7 Å². The Morgan fingerprint density at radius 3 is 2.42 bits per heavy atom. The van der Waals surface area contributed by atoms with E-state index in [0.29, 0.717) is 26.2 Å². The molecule has 1 saturated heterocycles. The topological polar surface area (TPSA) is 75.9 Å². The van der Waals surface area contributed by atoms with E-state index in [1.807, 2.05) is 13.8 Å². The molecule has 2 N–H and O–H groups in total. The van der Waals surface area contributed by atoms with Crippen molar-refractivity contribution in [2.45, 2.75) is 45.3 Å². The van der Waals surface area contributed by atoms with Gasteiger partial charge in [0.1, 0.15) is 0 Å². The molecule has 0 aromatic carbocycles. The van der Waals surface area contributed by atoms with Crippen LogP contribution in [0.5, 0.6) is 0 Å². The third-order valence-corrected chi connectivity index (χ3v) is 5.69. The molecule has 0 aromatic rings. The molecule has 0 bridgehead atoms. The maximum atomic E-state index is 12.3. The third kappa shape index (κ3) is 4.68. The fourth-order valence-corrected chi connectivity index (χ4v) is 3.58. The van der Waals surface area contributed by atoms with Crippen molar-refractivity contribution in [3.63, 3.8) is 0 Å². The second-order valence-corrected chi connectivity index (χ2v) is 7.22. The fraction of sp³-hybridized carbons (Fsp3) is 1.00. The average Bonchev–Trinajstić information content (AvgIpc) is 2.38. The molecule has 0 unspecified atom stereocenters. The lowest BCUT2D eigenvalue weighted by atomic mass is 10.1. The Morgan fingerprint density at radius 2 is 1.95 bits per heavy atom. The van der Waals surface area contributed by atoms with Gasteiger partial charge in [-0.1, -0.05) is 0 Å². The Morgan fingerprint density at radius 1 is 1.37 bits per heavy atom. The van der Waals surface area contributed by atoms with Crippen molar-refractivity contribution >= 4 is 10.2 Å². The van der Waals surface area contributed by atoms with Gasteiger partial charge in [-0.25, -0.2) is 0 Å². The number of ether oxygens (including phenoxy) is 1. The lowest BCUT2D eigenvalue weighted by Crippen LogP contribution is -2.48. The smallest absolute Gasteiger partial charge is 0.281 e. The van der Waals surface area contributed by atoms with Crippen LogP contribution < -0.4 is 5.73 Å². The average molecular weight is 293 g/mol. The highest BCUT2D eigenvalue weighted by Gasteiger charge is 2.32. The zero-order valence-corrected chi connectivity index (χ0v) is 13.0. The summed E-state index contributed by atoms with van der Waals surface area (Å²) in [5.41, 5.74) is 5.41. The zero-order chi connectivity index (χ0) is 14.5. The summed E-state index contributed by atoms with van der Waals surface area (Å²) in [6, 6.07) is -0.0245. The van der Waals surface area contributed by atoms with Gasteiger partial charge in [-0.3, -0.25) is 0 Å². The molecule has 0 aliphatic carbocycles. The SMILES string of the molecule is CC(C)N(C)S(=O)(=O)N1CCC(OCCCN)CC1. The van der Waals surface area contributed by atoms with Crippen LogP contribution in [0.25, 0.3) is 0 Å². The van der Waals surface area contributed by atoms with E-state index in [1.165, 1.54) is 4.31 Å².